The first kappa shape index (κ1) is 25.4. The monoisotopic (exact) mass is 480 g/mol. The number of ether oxygens (including phenoxy) is 2. The molecule has 0 bridgehead atoms. The van der Waals surface area contributed by atoms with Gasteiger partial charge in [-0.1, -0.05) is 13.0 Å². The number of alkyl halides is 4. The number of benzene rings is 1. The van der Waals surface area contributed by atoms with Gasteiger partial charge in [0.15, 0.2) is 0 Å². The van der Waals surface area contributed by atoms with Crippen molar-refractivity contribution < 1.29 is 36.2 Å². The van der Waals surface area contributed by atoms with E-state index in [0.29, 0.717) is 18.6 Å². The second kappa shape index (κ2) is 10.8. The SMILES string of the molecule is CCSc1ccc(C2CCC(OC(F)(F)C3CCC(C(C)=O)CC3)CO2)c(F)c1C(F)F. The van der Waals surface area contributed by atoms with E-state index in [1.54, 1.807) is 6.92 Å². The second-order valence-corrected chi connectivity index (χ2v) is 9.78. The standard InChI is InChI=1S/C23H29F5O3S/c1-3-32-19-11-9-17(21(24)20(19)22(25)26)18-10-8-16(12-30-18)31-23(27,28)15-6-4-14(5-7-15)13(2)29/h9,11,14-16,18,22H,3-8,10,12H2,1-2H3. The van der Waals surface area contributed by atoms with Crippen molar-refractivity contribution in [2.75, 3.05) is 12.4 Å². The van der Waals surface area contributed by atoms with Gasteiger partial charge in [-0.15, -0.1) is 11.8 Å². The molecular weight excluding hydrogens is 451 g/mol. The van der Waals surface area contributed by atoms with Crippen LogP contribution in [-0.4, -0.2) is 30.4 Å². The van der Waals surface area contributed by atoms with Crippen molar-refractivity contribution in [3.05, 3.63) is 29.1 Å². The molecule has 0 spiro atoms. The second-order valence-electron chi connectivity index (χ2n) is 8.47. The van der Waals surface area contributed by atoms with E-state index in [9.17, 15) is 26.7 Å². The molecule has 0 amide bonds. The Kier molecular flexibility index (Phi) is 8.60. The molecule has 0 N–H and O–H groups in total. The predicted octanol–water partition coefficient (Wildman–Crippen LogP) is 7.10. The van der Waals surface area contributed by atoms with Gasteiger partial charge in [0.2, 0.25) is 0 Å². The zero-order valence-electron chi connectivity index (χ0n) is 18.2. The minimum atomic E-state index is -3.34. The van der Waals surface area contributed by atoms with Crippen LogP contribution in [0, 0.1) is 17.7 Å². The van der Waals surface area contributed by atoms with Gasteiger partial charge in [-0.2, -0.15) is 8.78 Å². The smallest absolute Gasteiger partial charge is 0.358 e. The van der Waals surface area contributed by atoms with Crippen molar-refractivity contribution >= 4 is 17.5 Å². The topological polar surface area (TPSA) is 35.5 Å². The molecule has 2 fully saturated rings. The Morgan fingerprint density at radius 1 is 1.19 bits per heavy atom. The average Bonchev–Trinajstić information content (AvgIpc) is 2.74. The molecule has 1 aliphatic carbocycles. The van der Waals surface area contributed by atoms with E-state index in [2.05, 4.69) is 0 Å². The summed E-state index contributed by atoms with van der Waals surface area (Å²) >= 11 is 1.14. The van der Waals surface area contributed by atoms with Crippen molar-refractivity contribution in [1.29, 1.82) is 0 Å². The highest BCUT2D eigenvalue weighted by atomic mass is 32.2. The molecule has 2 aliphatic rings. The lowest BCUT2D eigenvalue weighted by atomic mass is 9.80. The van der Waals surface area contributed by atoms with Gasteiger partial charge in [0.25, 0.3) is 6.43 Å². The molecule has 1 aromatic rings. The minimum Gasteiger partial charge on any atom is -0.371 e. The Labute approximate surface area is 189 Å². The summed E-state index contributed by atoms with van der Waals surface area (Å²) in [5.74, 6) is -1.54. The van der Waals surface area contributed by atoms with E-state index >= 15 is 0 Å². The van der Waals surface area contributed by atoms with Gasteiger partial charge in [0.05, 0.1) is 30.3 Å². The van der Waals surface area contributed by atoms with Crippen LogP contribution in [0.3, 0.4) is 0 Å². The van der Waals surface area contributed by atoms with Crippen LogP contribution in [0.2, 0.25) is 0 Å². The molecule has 3 rings (SSSR count). The zero-order chi connectivity index (χ0) is 23.5. The molecule has 2 unspecified atom stereocenters. The van der Waals surface area contributed by atoms with Crippen LogP contribution in [0.25, 0.3) is 0 Å². The van der Waals surface area contributed by atoms with Gasteiger partial charge >= 0.3 is 6.11 Å². The number of halogens is 5. The molecule has 2 atom stereocenters. The first-order valence-corrected chi connectivity index (χ1v) is 12.0. The summed E-state index contributed by atoms with van der Waals surface area (Å²) < 4.78 is 81.7. The number of carbonyl (C=O) groups is 1. The summed E-state index contributed by atoms with van der Waals surface area (Å²) in [7, 11) is 0. The number of hydrogen-bond acceptors (Lipinski definition) is 4. The lowest BCUT2D eigenvalue weighted by Gasteiger charge is -2.36. The van der Waals surface area contributed by atoms with Crippen LogP contribution in [-0.2, 0) is 14.3 Å². The first-order valence-electron chi connectivity index (χ1n) is 11.0. The summed E-state index contributed by atoms with van der Waals surface area (Å²) in [5.41, 5.74) is -0.613. The average molecular weight is 481 g/mol. The molecule has 1 saturated heterocycles. The maximum Gasteiger partial charge on any atom is 0.358 e. The van der Waals surface area contributed by atoms with E-state index in [0.717, 1.165) is 11.8 Å². The number of thioether (sulfide) groups is 1. The highest BCUT2D eigenvalue weighted by Gasteiger charge is 2.45. The molecule has 1 heterocycles. The van der Waals surface area contributed by atoms with Gasteiger partial charge < -0.3 is 9.47 Å². The number of ketones is 1. The molecule has 3 nitrogen and oxygen atoms in total. The van der Waals surface area contributed by atoms with E-state index in [1.165, 1.54) is 19.1 Å². The summed E-state index contributed by atoms with van der Waals surface area (Å²) in [5, 5.41) is 0. The Morgan fingerprint density at radius 2 is 1.88 bits per heavy atom. The maximum absolute atomic E-state index is 14.8. The van der Waals surface area contributed by atoms with Gasteiger partial charge in [-0.25, -0.2) is 13.2 Å². The van der Waals surface area contributed by atoms with Crippen molar-refractivity contribution in [2.45, 2.75) is 82.0 Å². The van der Waals surface area contributed by atoms with Crippen LogP contribution in [0.1, 0.15) is 76.0 Å². The van der Waals surface area contributed by atoms with Crippen LogP contribution >= 0.6 is 11.8 Å². The number of rotatable bonds is 8. The van der Waals surface area contributed by atoms with Gasteiger partial charge in [0, 0.05) is 16.4 Å². The molecule has 9 heteroatoms. The van der Waals surface area contributed by atoms with E-state index in [4.69, 9.17) is 9.47 Å². The fourth-order valence-electron chi connectivity index (χ4n) is 4.55. The highest BCUT2D eigenvalue weighted by molar-refractivity contribution is 7.99. The molecule has 1 aliphatic heterocycles. The molecule has 32 heavy (non-hydrogen) atoms. The van der Waals surface area contributed by atoms with Crippen LogP contribution in [0.4, 0.5) is 22.0 Å². The summed E-state index contributed by atoms with van der Waals surface area (Å²) in [6.45, 7) is 3.11. The Morgan fingerprint density at radius 3 is 2.41 bits per heavy atom. The first-order chi connectivity index (χ1) is 15.1. The highest BCUT2D eigenvalue weighted by Crippen LogP contribution is 2.43. The van der Waals surface area contributed by atoms with Gasteiger partial charge in [-0.3, -0.25) is 4.79 Å². The quantitative estimate of drug-likeness (QED) is 0.294. The molecular formula is C23H29F5O3S. The van der Waals surface area contributed by atoms with Crippen LogP contribution in [0.15, 0.2) is 17.0 Å². The normalized spacial score (nSPS) is 27.0. The number of carbonyl (C=O) groups excluding carboxylic acids is 1. The lowest BCUT2D eigenvalue weighted by molar-refractivity contribution is -0.310. The maximum atomic E-state index is 14.8. The molecule has 1 aromatic carbocycles. The summed E-state index contributed by atoms with van der Waals surface area (Å²) in [6.07, 6.45) is -6.24. The third-order valence-corrected chi connectivity index (χ3v) is 7.33. The summed E-state index contributed by atoms with van der Waals surface area (Å²) in [6, 6.07) is 2.90. The zero-order valence-corrected chi connectivity index (χ0v) is 19.0. The van der Waals surface area contributed by atoms with E-state index in [1.807, 2.05) is 0 Å². The van der Waals surface area contributed by atoms with Gasteiger partial charge in [-0.05, 0) is 57.3 Å². The fourth-order valence-corrected chi connectivity index (χ4v) is 5.35. The Bertz CT molecular complexity index is 788. The largest absolute Gasteiger partial charge is 0.371 e. The van der Waals surface area contributed by atoms with Crippen molar-refractivity contribution in [1.82, 2.24) is 0 Å². The summed E-state index contributed by atoms with van der Waals surface area (Å²) in [4.78, 5) is 11.6. The minimum absolute atomic E-state index is 0.0218. The van der Waals surface area contributed by atoms with E-state index < -0.39 is 42.0 Å². The third-order valence-electron chi connectivity index (χ3n) is 6.37. The molecule has 180 valence electrons. The van der Waals surface area contributed by atoms with Crippen LogP contribution < -0.4 is 0 Å². The lowest BCUT2D eigenvalue weighted by Crippen LogP contribution is -2.41. The molecule has 0 radical (unpaired) electrons. The van der Waals surface area contributed by atoms with Crippen molar-refractivity contribution in [3.8, 4) is 0 Å². The predicted molar refractivity (Wildman–Crippen MR) is 112 cm³/mol. The number of hydrogen-bond donors (Lipinski definition) is 0. The number of Topliss-reactive ketones (excluding diaryl/α,β-unsaturated/α-hetero) is 1. The Hall–Kier alpha value is -1.19. The third kappa shape index (κ3) is 5.83. The van der Waals surface area contributed by atoms with Crippen LogP contribution in [0.5, 0.6) is 0 Å². The van der Waals surface area contributed by atoms with E-state index in [-0.39, 0.29) is 54.5 Å². The van der Waals surface area contributed by atoms with Crippen molar-refractivity contribution in [2.24, 2.45) is 11.8 Å². The Balaban J connectivity index is 1.59. The fraction of sp³-hybridized carbons (Fsp3) is 0.696. The molecule has 1 saturated carbocycles. The van der Waals surface area contributed by atoms with Crippen molar-refractivity contribution in [3.63, 3.8) is 0 Å². The van der Waals surface area contributed by atoms with Gasteiger partial charge in [0.1, 0.15) is 11.6 Å². The molecule has 0 aromatic heterocycles.